The van der Waals surface area contributed by atoms with Crippen molar-refractivity contribution in [2.45, 2.75) is 26.2 Å². The van der Waals surface area contributed by atoms with E-state index in [-0.39, 0.29) is 17.2 Å². The lowest BCUT2D eigenvalue weighted by atomic mass is 9.94. The molecule has 1 amide bonds. The quantitative estimate of drug-likeness (QED) is 0.899. The van der Waals surface area contributed by atoms with Crippen molar-refractivity contribution >= 4 is 18.2 Å². The molecule has 2 aromatic rings. The van der Waals surface area contributed by atoms with Crippen LogP contribution in [-0.4, -0.2) is 20.6 Å². The van der Waals surface area contributed by atoms with Crippen LogP contribution >= 0.6 is 0 Å². The summed E-state index contributed by atoms with van der Waals surface area (Å²) in [6.45, 7) is 6.01. The molecule has 0 unspecified atom stereocenters. The van der Waals surface area contributed by atoms with E-state index in [1.807, 2.05) is 20.8 Å². The second kappa shape index (κ2) is 4.72. The maximum Gasteiger partial charge on any atom is 0.324 e. The van der Waals surface area contributed by atoms with Crippen LogP contribution < -0.4 is 5.73 Å². The maximum absolute atomic E-state index is 11.2. The fourth-order valence-electron chi connectivity index (χ4n) is 1.41. The Labute approximate surface area is 112 Å². The summed E-state index contributed by atoms with van der Waals surface area (Å²) in [5.74, 6) is 1.03. The van der Waals surface area contributed by atoms with E-state index < -0.39 is 6.03 Å². The number of hydrogen-bond acceptors (Lipinski definition) is 4. The van der Waals surface area contributed by atoms with Crippen molar-refractivity contribution in [2.75, 3.05) is 0 Å². The molecule has 6 nitrogen and oxygen atoms in total. The summed E-state index contributed by atoms with van der Waals surface area (Å²) in [6, 6.07) is -0.651. The predicted octanol–water partition coefficient (Wildman–Crippen LogP) is 2.27. The van der Waals surface area contributed by atoms with E-state index in [2.05, 4.69) is 9.97 Å². The molecule has 6 heteroatoms. The van der Waals surface area contributed by atoms with Crippen LogP contribution in [0, 0.1) is 0 Å². The van der Waals surface area contributed by atoms with Crippen LogP contribution in [0.25, 0.3) is 12.1 Å². The number of amides is 1. The average molecular weight is 262 g/mol. The fraction of sp³-hybridized carbons (Fsp3) is 0.308. The minimum atomic E-state index is -0.696. The van der Waals surface area contributed by atoms with Crippen LogP contribution in [0.3, 0.4) is 0 Å². The fourth-order valence-corrected chi connectivity index (χ4v) is 1.41. The Morgan fingerprint density at radius 2 is 2.26 bits per heavy atom. The molecule has 2 aromatic heterocycles. The van der Waals surface area contributed by atoms with E-state index in [1.165, 1.54) is 18.6 Å². The van der Waals surface area contributed by atoms with Crippen LogP contribution in [0.4, 0.5) is 4.79 Å². The molecule has 0 radical (unpaired) electrons. The van der Waals surface area contributed by atoms with Gasteiger partial charge in [-0.25, -0.2) is 14.8 Å². The number of hydrogen-bond donors (Lipinski definition) is 1. The summed E-state index contributed by atoms with van der Waals surface area (Å²) in [5.41, 5.74) is 5.31. The smallest absolute Gasteiger partial charge is 0.324 e. The van der Waals surface area contributed by atoms with Crippen molar-refractivity contribution in [1.29, 1.82) is 0 Å². The molecular weight excluding hydrogens is 244 g/mol. The second-order valence-corrected chi connectivity index (χ2v) is 5.09. The lowest BCUT2D eigenvalue weighted by Crippen LogP contribution is -2.19. The number of carbonyl (C=O) groups is 1. The van der Waals surface area contributed by atoms with Crippen LogP contribution in [0.1, 0.15) is 39.5 Å². The van der Waals surface area contributed by atoms with Gasteiger partial charge in [-0.3, -0.25) is 4.57 Å². The molecule has 100 valence electrons. The normalized spacial score (nSPS) is 13.4. The molecule has 0 aliphatic heterocycles. The number of imidazole rings is 1. The molecule has 2 rings (SSSR count). The zero-order valence-electron chi connectivity index (χ0n) is 12.0. The summed E-state index contributed by atoms with van der Waals surface area (Å²) in [6.07, 6.45) is 5.70. The molecule has 2 N–H and O–H groups in total. The minimum Gasteiger partial charge on any atom is -0.441 e. The summed E-state index contributed by atoms with van der Waals surface area (Å²) in [5, 5.41) is 0. The zero-order valence-corrected chi connectivity index (χ0v) is 11.0. The summed E-state index contributed by atoms with van der Waals surface area (Å²) in [7, 11) is 0. The van der Waals surface area contributed by atoms with Gasteiger partial charge in [0.1, 0.15) is 12.1 Å². The van der Waals surface area contributed by atoms with Crippen LogP contribution in [0.15, 0.2) is 23.1 Å². The number of primary amides is 1. The Hall–Kier alpha value is -2.37. The first-order chi connectivity index (χ1) is 9.29. The highest BCUT2D eigenvalue weighted by Crippen LogP contribution is 2.23. The number of oxazole rings is 1. The lowest BCUT2D eigenvalue weighted by Gasteiger charge is -2.12. The Bertz CT molecular complexity index is 664. The molecular formula is C13H16N4O2. The number of aromatic nitrogens is 3. The first-order valence-electron chi connectivity index (χ1n) is 6.26. The molecule has 0 saturated heterocycles. The van der Waals surface area contributed by atoms with Gasteiger partial charge in [-0.1, -0.05) is 20.8 Å². The van der Waals surface area contributed by atoms with Gasteiger partial charge in [-0.2, -0.15) is 0 Å². The third kappa shape index (κ3) is 2.90. The molecule has 0 atom stereocenters. The van der Waals surface area contributed by atoms with Crippen molar-refractivity contribution in [3.63, 3.8) is 0 Å². The molecule has 0 aliphatic carbocycles. The molecule has 0 aromatic carbocycles. The number of nitrogens with zero attached hydrogens (tertiary/aromatic N) is 3. The third-order valence-electron chi connectivity index (χ3n) is 2.48. The summed E-state index contributed by atoms with van der Waals surface area (Å²) in [4.78, 5) is 19.1. The van der Waals surface area contributed by atoms with Gasteiger partial charge in [-0.15, -0.1) is 0 Å². The highest BCUT2D eigenvalue weighted by molar-refractivity contribution is 5.79. The summed E-state index contributed by atoms with van der Waals surface area (Å²) < 4.78 is 14.6. The minimum absolute atomic E-state index is 0.0450. The Morgan fingerprint density at radius 3 is 2.84 bits per heavy atom. The largest absolute Gasteiger partial charge is 0.441 e. The van der Waals surface area contributed by atoms with Gasteiger partial charge in [-0.05, 0) is 6.05 Å². The highest BCUT2D eigenvalue weighted by Gasteiger charge is 2.18. The summed E-state index contributed by atoms with van der Waals surface area (Å²) >= 11 is 0. The van der Waals surface area contributed by atoms with Crippen LogP contribution in [0.2, 0.25) is 0 Å². The Balaban J connectivity index is 2.33. The number of carbonyl (C=O) groups excluding carboxylic acids is 1. The SMILES string of the molecule is [3H]/C(=C\c1ncc(C(C)(C)C)o1)c1cncn1C(N)=O. The van der Waals surface area contributed by atoms with Gasteiger partial charge >= 0.3 is 6.03 Å². The van der Waals surface area contributed by atoms with Crippen molar-refractivity contribution in [3.05, 3.63) is 36.1 Å². The molecule has 0 spiro atoms. The van der Waals surface area contributed by atoms with Gasteiger partial charge < -0.3 is 10.2 Å². The van der Waals surface area contributed by atoms with Crippen molar-refractivity contribution in [3.8, 4) is 0 Å². The molecule has 0 bridgehead atoms. The van der Waals surface area contributed by atoms with Crippen LogP contribution in [-0.2, 0) is 5.41 Å². The topological polar surface area (TPSA) is 86.9 Å². The molecule has 0 saturated carbocycles. The standard InChI is InChI=1S/C13H16N4O2/c1-13(2,3)10-7-16-11(19-10)5-4-9-6-15-8-17(9)12(14)18/h4-8H,1-3H3,(H2,14,18)/b5-4+/i4T. The van der Waals surface area contributed by atoms with E-state index in [9.17, 15) is 4.79 Å². The maximum atomic E-state index is 11.2. The number of nitrogens with two attached hydrogens (primary N) is 1. The first-order valence-corrected chi connectivity index (χ1v) is 5.76. The zero-order chi connectivity index (χ0) is 14.9. The van der Waals surface area contributed by atoms with Crippen molar-refractivity contribution < 1.29 is 10.6 Å². The lowest BCUT2D eigenvalue weighted by molar-refractivity contribution is 0.250. The first kappa shape index (κ1) is 11.7. The van der Waals surface area contributed by atoms with E-state index in [4.69, 9.17) is 11.5 Å². The van der Waals surface area contributed by atoms with E-state index in [0.29, 0.717) is 5.89 Å². The van der Waals surface area contributed by atoms with Crippen molar-refractivity contribution in [2.24, 2.45) is 5.73 Å². The average Bonchev–Trinajstić information content (AvgIpc) is 2.95. The Kier molecular flexibility index (Phi) is 2.91. The molecule has 0 fully saturated rings. The van der Waals surface area contributed by atoms with Gasteiger partial charge in [0, 0.05) is 11.5 Å². The van der Waals surface area contributed by atoms with Crippen molar-refractivity contribution in [1.82, 2.24) is 14.5 Å². The predicted molar refractivity (Wildman–Crippen MR) is 71.3 cm³/mol. The molecule has 2 heterocycles. The molecule has 0 aliphatic rings. The van der Waals surface area contributed by atoms with E-state index >= 15 is 0 Å². The van der Waals surface area contributed by atoms with Gasteiger partial charge in [0.25, 0.3) is 0 Å². The van der Waals surface area contributed by atoms with Gasteiger partial charge in [0.15, 0.2) is 0 Å². The van der Waals surface area contributed by atoms with Gasteiger partial charge in [0.05, 0.1) is 19.5 Å². The number of rotatable bonds is 2. The second-order valence-electron chi connectivity index (χ2n) is 5.09. The molecule has 19 heavy (non-hydrogen) atoms. The third-order valence-corrected chi connectivity index (χ3v) is 2.48. The highest BCUT2D eigenvalue weighted by atomic mass is 16.4. The van der Waals surface area contributed by atoms with Crippen LogP contribution in [0.5, 0.6) is 0 Å². The monoisotopic (exact) mass is 262 g/mol. The van der Waals surface area contributed by atoms with E-state index in [1.54, 1.807) is 6.20 Å². The van der Waals surface area contributed by atoms with Gasteiger partial charge in [0.2, 0.25) is 5.89 Å². The van der Waals surface area contributed by atoms with E-state index in [0.717, 1.165) is 10.3 Å². The Morgan fingerprint density at radius 1 is 1.53 bits per heavy atom.